The van der Waals surface area contributed by atoms with Crippen LogP contribution in [-0.2, 0) is 4.57 Å². The van der Waals surface area contributed by atoms with Gasteiger partial charge < -0.3 is 5.32 Å². The van der Waals surface area contributed by atoms with E-state index in [2.05, 4.69) is 5.32 Å². The summed E-state index contributed by atoms with van der Waals surface area (Å²) in [4.78, 5) is 8.59. The number of rotatable bonds is 6. The summed E-state index contributed by atoms with van der Waals surface area (Å²) in [6, 6.07) is 5.34. The summed E-state index contributed by atoms with van der Waals surface area (Å²) in [6.07, 6.45) is 1.94. The maximum atomic E-state index is 10.4. The highest BCUT2D eigenvalue weighted by atomic mass is 35.5. The van der Waals surface area contributed by atoms with Gasteiger partial charge in [-0.2, -0.15) is 4.89 Å². The number of nitrogens with one attached hydrogen (secondary N) is 1. The van der Waals surface area contributed by atoms with Crippen molar-refractivity contribution < 1.29 is 9.46 Å². The number of anilines is 1. The van der Waals surface area contributed by atoms with Gasteiger partial charge in [0.25, 0.3) is 0 Å². The minimum Gasteiger partial charge on any atom is -0.385 e. The van der Waals surface area contributed by atoms with Gasteiger partial charge in [0.2, 0.25) is 0 Å². The third-order valence-electron chi connectivity index (χ3n) is 2.02. The molecule has 1 atom stereocenters. The zero-order valence-electron chi connectivity index (χ0n) is 8.62. The topological polar surface area (TPSA) is 49.3 Å². The summed E-state index contributed by atoms with van der Waals surface area (Å²) in [7, 11) is -2.00. The Labute approximate surface area is 106 Å². The van der Waals surface area contributed by atoms with E-state index in [1.54, 1.807) is 12.1 Å². The van der Waals surface area contributed by atoms with E-state index in [0.29, 0.717) is 16.2 Å². The third kappa shape index (κ3) is 5.13. The normalized spacial score (nSPS) is 11.3. The lowest BCUT2D eigenvalue weighted by atomic mass is 10.3. The maximum absolute atomic E-state index is 10.4. The van der Waals surface area contributed by atoms with Crippen LogP contribution in [0.4, 0.5) is 5.69 Å². The first-order valence-electron chi connectivity index (χ1n) is 4.92. The third-order valence-corrected chi connectivity index (χ3v) is 3.46. The molecule has 16 heavy (non-hydrogen) atoms. The zero-order valence-corrected chi connectivity index (χ0v) is 11.0. The van der Waals surface area contributed by atoms with Crippen molar-refractivity contribution in [1.82, 2.24) is 0 Å². The van der Waals surface area contributed by atoms with Gasteiger partial charge in [0, 0.05) is 12.2 Å². The van der Waals surface area contributed by atoms with Crippen molar-refractivity contribution in [2.45, 2.75) is 12.8 Å². The van der Waals surface area contributed by atoms with Crippen LogP contribution in [0.1, 0.15) is 12.8 Å². The molecule has 88 valence electrons. The quantitative estimate of drug-likeness (QED) is 0.613. The Morgan fingerprint density at radius 2 is 2.00 bits per heavy atom. The van der Waals surface area contributed by atoms with Gasteiger partial charge in [0.05, 0.1) is 10.0 Å². The molecule has 3 nitrogen and oxygen atoms in total. The molecular weight excluding hydrogens is 268 g/mol. The van der Waals surface area contributed by atoms with Crippen LogP contribution >= 0.6 is 31.2 Å². The molecule has 0 spiro atoms. The SMILES string of the molecule is O=[P+](O)CCCCNc1ccc(Cl)c(Cl)c1. The second-order valence-corrected chi connectivity index (χ2v) is 5.30. The molecule has 0 aliphatic heterocycles. The van der Waals surface area contributed by atoms with Crippen molar-refractivity contribution in [3.05, 3.63) is 28.2 Å². The molecule has 0 aromatic heterocycles. The van der Waals surface area contributed by atoms with Gasteiger partial charge in [-0.3, -0.25) is 0 Å². The van der Waals surface area contributed by atoms with Crippen molar-refractivity contribution in [1.29, 1.82) is 0 Å². The largest absolute Gasteiger partial charge is 0.505 e. The lowest BCUT2D eigenvalue weighted by Gasteiger charge is -2.06. The molecule has 0 saturated heterocycles. The Kier molecular flexibility index (Phi) is 6.07. The van der Waals surface area contributed by atoms with Crippen molar-refractivity contribution in [2.75, 3.05) is 18.0 Å². The van der Waals surface area contributed by atoms with Crippen LogP contribution in [0.25, 0.3) is 0 Å². The van der Waals surface area contributed by atoms with Gasteiger partial charge in [-0.1, -0.05) is 23.2 Å². The zero-order chi connectivity index (χ0) is 12.0. The number of hydrogen-bond acceptors (Lipinski definition) is 2. The van der Waals surface area contributed by atoms with Crippen molar-refractivity contribution in [3.63, 3.8) is 0 Å². The van der Waals surface area contributed by atoms with Crippen LogP contribution in [-0.4, -0.2) is 17.6 Å². The van der Waals surface area contributed by atoms with E-state index in [1.165, 1.54) is 0 Å². The predicted octanol–water partition coefficient (Wildman–Crippen LogP) is 3.92. The molecule has 0 aliphatic carbocycles. The summed E-state index contributed by atoms with van der Waals surface area (Å²) in [5, 5.41) is 4.22. The minimum absolute atomic E-state index is 0.360. The summed E-state index contributed by atoms with van der Waals surface area (Å²) >= 11 is 11.6. The monoisotopic (exact) mass is 280 g/mol. The Morgan fingerprint density at radius 3 is 2.62 bits per heavy atom. The summed E-state index contributed by atoms with van der Waals surface area (Å²) < 4.78 is 10.4. The first kappa shape index (κ1) is 13.7. The van der Waals surface area contributed by atoms with E-state index in [0.717, 1.165) is 25.1 Å². The Hall–Kier alpha value is -0.340. The molecule has 0 radical (unpaired) electrons. The van der Waals surface area contributed by atoms with Crippen molar-refractivity contribution in [2.24, 2.45) is 0 Å². The molecule has 0 fully saturated rings. The molecule has 0 heterocycles. The van der Waals surface area contributed by atoms with E-state index in [-0.39, 0.29) is 0 Å². The Bertz CT molecular complexity index is 374. The number of unbranched alkanes of at least 4 members (excludes halogenated alkanes) is 1. The molecule has 1 rings (SSSR count). The van der Waals surface area contributed by atoms with Gasteiger partial charge in [0.1, 0.15) is 0 Å². The van der Waals surface area contributed by atoms with E-state index in [9.17, 15) is 4.57 Å². The molecule has 0 amide bonds. The predicted molar refractivity (Wildman–Crippen MR) is 68.9 cm³/mol. The highest BCUT2D eigenvalue weighted by Gasteiger charge is 2.07. The van der Waals surface area contributed by atoms with Gasteiger partial charge in [-0.05, 0) is 35.6 Å². The standard InChI is InChI=1S/C10H12Cl2NO2P/c11-9-4-3-8(7-10(9)12)13-5-1-2-6-16(14)15/h3-4,7,13H,1-2,5-6H2/p+1. The van der Waals surface area contributed by atoms with E-state index >= 15 is 0 Å². The second-order valence-electron chi connectivity index (χ2n) is 3.34. The fourth-order valence-corrected chi connectivity index (χ4v) is 2.00. The second kappa shape index (κ2) is 7.08. The van der Waals surface area contributed by atoms with Crippen LogP contribution in [0.2, 0.25) is 10.0 Å². The molecule has 0 aliphatic rings. The minimum atomic E-state index is -2.00. The summed E-state index contributed by atoms with van der Waals surface area (Å²) in [5.41, 5.74) is 0.905. The molecule has 1 aromatic rings. The van der Waals surface area contributed by atoms with Crippen LogP contribution in [0.5, 0.6) is 0 Å². The lowest BCUT2D eigenvalue weighted by molar-refractivity contribution is 0.500. The van der Waals surface area contributed by atoms with Gasteiger partial charge >= 0.3 is 8.03 Å². The highest BCUT2D eigenvalue weighted by Crippen LogP contribution is 2.25. The maximum Gasteiger partial charge on any atom is 0.505 e. The molecule has 0 saturated carbocycles. The van der Waals surface area contributed by atoms with E-state index in [4.69, 9.17) is 28.1 Å². The fourth-order valence-electron chi connectivity index (χ4n) is 1.21. The number of benzene rings is 1. The van der Waals surface area contributed by atoms with E-state index < -0.39 is 8.03 Å². The molecule has 0 bridgehead atoms. The average molecular weight is 281 g/mol. The number of hydrogen-bond donors (Lipinski definition) is 2. The van der Waals surface area contributed by atoms with Crippen molar-refractivity contribution in [3.8, 4) is 0 Å². The van der Waals surface area contributed by atoms with Gasteiger partial charge in [0.15, 0.2) is 6.16 Å². The van der Waals surface area contributed by atoms with Crippen LogP contribution in [0, 0.1) is 0 Å². The first-order valence-corrected chi connectivity index (χ1v) is 7.07. The molecule has 6 heteroatoms. The average Bonchev–Trinajstić information content (AvgIpc) is 2.22. The smallest absolute Gasteiger partial charge is 0.385 e. The van der Waals surface area contributed by atoms with Gasteiger partial charge in [-0.15, -0.1) is 0 Å². The molecule has 1 aromatic carbocycles. The van der Waals surface area contributed by atoms with Crippen LogP contribution < -0.4 is 5.32 Å². The summed E-state index contributed by atoms with van der Waals surface area (Å²) in [6.45, 7) is 0.751. The Morgan fingerprint density at radius 1 is 1.25 bits per heavy atom. The highest BCUT2D eigenvalue weighted by molar-refractivity contribution is 7.37. The van der Waals surface area contributed by atoms with Crippen molar-refractivity contribution >= 4 is 36.9 Å². The fraction of sp³-hybridized carbons (Fsp3) is 0.400. The molecular formula is C10H13Cl2NO2P+. The molecule has 1 unspecified atom stereocenters. The summed E-state index contributed by atoms with van der Waals surface area (Å²) in [5.74, 6) is 0. The van der Waals surface area contributed by atoms with Crippen LogP contribution in [0.15, 0.2) is 18.2 Å². The van der Waals surface area contributed by atoms with E-state index in [1.807, 2.05) is 6.07 Å². The lowest BCUT2D eigenvalue weighted by Crippen LogP contribution is -2.01. The van der Waals surface area contributed by atoms with Gasteiger partial charge in [-0.25, -0.2) is 0 Å². The number of halogens is 2. The van der Waals surface area contributed by atoms with Crippen LogP contribution in [0.3, 0.4) is 0 Å². The molecule has 2 N–H and O–H groups in total. The first-order chi connectivity index (χ1) is 7.59. The Balaban J connectivity index is 2.27.